The third kappa shape index (κ3) is 4.23. The number of halogens is 2. The van der Waals surface area contributed by atoms with E-state index < -0.39 is 0 Å². The summed E-state index contributed by atoms with van der Waals surface area (Å²) >= 11 is 13.6. The Kier molecular flexibility index (Phi) is 5.87. The Bertz CT molecular complexity index is 672. The van der Waals surface area contributed by atoms with Crippen LogP contribution in [0.5, 0.6) is 0 Å². The van der Waals surface area contributed by atoms with Crippen LogP contribution in [0.3, 0.4) is 0 Å². The molecule has 0 unspecified atom stereocenters. The Morgan fingerprint density at radius 3 is 2.68 bits per heavy atom. The van der Waals surface area contributed by atoms with Crippen molar-refractivity contribution in [3.63, 3.8) is 0 Å². The van der Waals surface area contributed by atoms with E-state index in [-0.39, 0.29) is 11.9 Å². The molecule has 3 nitrogen and oxygen atoms in total. The van der Waals surface area contributed by atoms with Crippen LogP contribution in [0.15, 0.2) is 29.6 Å². The lowest BCUT2D eigenvalue weighted by molar-refractivity contribution is -0.120. The molecule has 2 rings (SSSR count). The Balaban J connectivity index is 2.00. The van der Waals surface area contributed by atoms with Gasteiger partial charge in [0.25, 0.3) is 0 Å². The van der Waals surface area contributed by atoms with Crippen LogP contribution >= 0.6 is 34.5 Å². The fraction of sp³-hybridized carbons (Fsp3) is 0.312. The zero-order valence-electron chi connectivity index (χ0n) is 12.7. The number of nitrogens with zero attached hydrogens (tertiary/aromatic N) is 1. The molecule has 22 heavy (non-hydrogen) atoms. The average molecular weight is 357 g/mol. The Labute approximate surface area is 144 Å². The predicted octanol–water partition coefficient (Wildman–Crippen LogP) is 4.82. The maximum absolute atomic E-state index is 12.4. The van der Waals surface area contributed by atoms with E-state index >= 15 is 0 Å². The summed E-state index contributed by atoms with van der Waals surface area (Å²) in [6, 6.07) is 6.84. The number of hydrogen-bond donors (Lipinski definition) is 1. The predicted molar refractivity (Wildman–Crippen MR) is 95.1 cm³/mol. The molecule has 0 aliphatic rings. The molecule has 1 amide bonds. The first-order valence-corrected chi connectivity index (χ1v) is 8.51. The van der Waals surface area contributed by atoms with Crippen molar-refractivity contribution in [3.05, 3.63) is 50.1 Å². The van der Waals surface area contributed by atoms with Crippen molar-refractivity contribution in [2.75, 3.05) is 12.4 Å². The molecule has 0 radical (unpaired) electrons. The minimum Gasteiger partial charge on any atom is -0.323 e. The molecule has 1 aromatic carbocycles. The van der Waals surface area contributed by atoms with Crippen LogP contribution in [0.25, 0.3) is 0 Å². The summed E-state index contributed by atoms with van der Waals surface area (Å²) in [6.07, 6.45) is 0. The fourth-order valence-corrected chi connectivity index (χ4v) is 3.38. The molecule has 0 spiro atoms. The summed E-state index contributed by atoms with van der Waals surface area (Å²) in [5.74, 6) is -0.0964. The van der Waals surface area contributed by atoms with Crippen molar-refractivity contribution >= 4 is 46.1 Å². The van der Waals surface area contributed by atoms with Gasteiger partial charge in [-0.15, -0.1) is 11.3 Å². The first-order valence-electron chi connectivity index (χ1n) is 6.87. The highest BCUT2D eigenvalue weighted by atomic mass is 35.5. The zero-order chi connectivity index (χ0) is 16.3. The van der Waals surface area contributed by atoms with Gasteiger partial charge in [-0.05, 0) is 56.1 Å². The molecule has 1 N–H and O–H groups in total. The van der Waals surface area contributed by atoms with E-state index in [9.17, 15) is 4.79 Å². The van der Waals surface area contributed by atoms with Gasteiger partial charge in [-0.2, -0.15) is 0 Å². The summed E-state index contributed by atoms with van der Waals surface area (Å²) in [7, 11) is 1.94. The fourth-order valence-electron chi connectivity index (χ4n) is 1.96. The summed E-state index contributed by atoms with van der Waals surface area (Å²) in [4.78, 5) is 15.6. The van der Waals surface area contributed by atoms with Crippen LogP contribution in [0.2, 0.25) is 10.0 Å². The first kappa shape index (κ1) is 17.3. The van der Waals surface area contributed by atoms with Crippen LogP contribution < -0.4 is 5.32 Å². The molecule has 2 aromatic rings. The van der Waals surface area contributed by atoms with Crippen molar-refractivity contribution in [1.29, 1.82) is 0 Å². The van der Waals surface area contributed by atoms with E-state index in [0.29, 0.717) is 15.7 Å². The Morgan fingerprint density at radius 2 is 2.09 bits per heavy atom. The average Bonchev–Trinajstić information content (AvgIpc) is 2.86. The van der Waals surface area contributed by atoms with Crippen molar-refractivity contribution in [1.82, 2.24) is 4.90 Å². The topological polar surface area (TPSA) is 32.3 Å². The second kappa shape index (κ2) is 7.47. The van der Waals surface area contributed by atoms with Crippen LogP contribution in [0.4, 0.5) is 5.69 Å². The minimum absolute atomic E-state index is 0.0964. The van der Waals surface area contributed by atoms with E-state index in [2.05, 4.69) is 23.7 Å². The van der Waals surface area contributed by atoms with Crippen LogP contribution in [0.1, 0.15) is 17.4 Å². The number of nitrogens with one attached hydrogen (secondary N) is 1. The van der Waals surface area contributed by atoms with Crippen molar-refractivity contribution in [3.8, 4) is 0 Å². The number of rotatable bonds is 5. The third-order valence-electron chi connectivity index (χ3n) is 3.59. The highest BCUT2D eigenvalue weighted by Crippen LogP contribution is 2.26. The Morgan fingerprint density at radius 1 is 1.36 bits per heavy atom. The largest absolute Gasteiger partial charge is 0.323 e. The van der Waals surface area contributed by atoms with E-state index in [1.807, 2.05) is 18.9 Å². The lowest BCUT2D eigenvalue weighted by Gasteiger charge is -2.24. The summed E-state index contributed by atoms with van der Waals surface area (Å²) in [6.45, 7) is 4.70. The second-order valence-electron chi connectivity index (χ2n) is 5.23. The third-order valence-corrected chi connectivity index (χ3v) is 5.15. The smallest absolute Gasteiger partial charge is 0.241 e. The molecular formula is C16H18Cl2N2OS. The van der Waals surface area contributed by atoms with Gasteiger partial charge in [-0.3, -0.25) is 9.69 Å². The minimum atomic E-state index is -0.270. The maximum Gasteiger partial charge on any atom is 0.241 e. The molecular weight excluding hydrogens is 339 g/mol. The molecule has 0 bridgehead atoms. The van der Waals surface area contributed by atoms with Gasteiger partial charge >= 0.3 is 0 Å². The lowest BCUT2D eigenvalue weighted by Crippen LogP contribution is -2.39. The SMILES string of the molecule is Cc1ccsc1CN(C)[C@H](C)C(=O)Nc1ccc(Cl)cc1Cl. The standard InChI is InChI=1S/C16H18Cl2N2OS/c1-10-6-7-22-15(10)9-20(3)11(2)16(21)19-14-5-4-12(17)8-13(14)18/h4-8,11H,9H2,1-3H3,(H,19,21)/t11-/m1/s1. The van der Waals surface area contributed by atoms with Gasteiger partial charge in [0.05, 0.1) is 16.8 Å². The molecule has 0 aliphatic heterocycles. The van der Waals surface area contributed by atoms with Gasteiger partial charge in [0.2, 0.25) is 5.91 Å². The number of thiophene rings is 1. The number of anilines is 1. The van der Waals surface area contributed by atoms with Crippen molar-refractivity contribution < 1.29 is 4.79 Å². The van der Waals surface area contributed by atoms with Gasteiger partial charge < -0.3 is 5.32 Å². The quantitative estimate of drug-likeness (QED) is 0.832. The van der Waals surface area contributed by atoms with Crippen LogP contribution in [-0.2, 0) is 11.3 Å². The molecule has 1 atom stereocenters. The number of likely N-dealkylation sites (N-methyl/N-ethyl adjacent to an activating group) is 1. The number of carbonyl (C=O) groups is 1. The maximum atomic E-state index is 12.4. The second-order valence-corrected chi connectivity index (χ2v) is 7.08. The van der Waals surface area contributed by atoms with Gasteiger partial charge in [0.15, 0.2) is 0 Å². The van der Waals surface area contributed by atoms with E-state index in [0.717, 1.165) is 6.54 Å². The van der Waals surface area contributed by atoms with Gasteiger partial charge in [-0.1, -0.05) is 23.2 Å². The molecule has 0 saturated carbocycles. The van der Waals surface area contributed by atoms with E-state index in [4.69, 9.17) is 23.2 Å². The summed E-state index contributed by atoms with van der Waals surface area (Å²) < 4.78 is 0. The number of benzene rings is 1. The van der Waals surface area contributed by atoms with Crippen molar-refractivity contribution in [2.24, 2.45) is 0 Å². The molecule has 118 valence electrons. The van der Waals surface area contributed by atoms with E-state index in [1.165, 1.54) is 10.4 Å². The van der Waals surface area contributed by atoms with E-state index in [1.54, 1.807) is 29.5 Å². The molecule has 0 fully saturated rings. The first-order chi connectivity index (χ1) is 10.4. The highest BCUT2D eigenvalue weighted by molar-refractivity contribution is 7.10. The van der Waals surface area contributed by atoms with Gasteiger partial charge in [0, 0.05) is 16.4 Å². The molecule has 1 heterocycles. The lowest BCUT2D eigenvalue weighted by atomic mass is 10.2. The normalized spacial score (nSPS) is 12.5. The summed E-state index contributed by atoms with van der Waals surface area (Å²) in [5, 5.41) is 5.89. The monoisotopic (exact) mass is 356 g/mol. The summed E-state index contributed by atoms with van der Waals surface area (Å²) in [5.41, 5.74) is 1.83. The molecule has 0 aliphatic carbocycles. The number of hydrogen-bond acceptors (Lipinski definition) is 3. The van der Waals surface area contributed by atoms with Crippen molar-refractivity contribution in [2.45, 2.75) is 26.4 Å². The highest BCUT2D eigenvalue weighted by Gasteiger charge is 2.20. The molecule has 6 heteroatoms. The molecule has 1 aromatic heterocycles. The van der Waals surface area contributed by atoms with Crippen LogP contribution in [0, 0.1) is 6.92 Å². The van der Waals surface area contributed by atoms with Gasteiger partial charge in [0.1, 0.15) is 0 Å². The number of amides is 1. The zero-order valence-corrected chi connectivity index (χ0v) is 15.0. The van der Waals surface area contributed by atoms with Crippen LogP contribution in [-0.4, -0.2) is 23.9 Å². The number of carbonyl (C=O) groups excluding carboxylic acids is 1. The van der Waals surface area contributed by atoms with Gasteiger partial charge in [-0.25, -0.2) is 0 Å². The number of aryl methyl sites for hydroxylation is 1. The Hall–Kier alpha value is -1.07. The molecule has 0 saturated heterocycles.